The Morgan fingerprint density at radius 2 is 2.53 bits per heavy atom. The van der Waals surface area contributed by atoms with Crippen LogP contribution in [0.5, 0.6) is 0 Å². The van der Waals surface area contributed by atoms with Gasteiger partial charge in [-0.3, -0.25) is 0 Å². The summed E-state index contributed by atoms with van der Waals surface area (Å²) in [5.74, 6) is 1.28. The largest absolute Gasteiger partial charge is 0.344 e. The Kier molecular flexibility index (Phi) is 3.89. The van der Waals surface area contributed by atoms with Gasteiger partial charge in [0, 0.05) is 19.8 Å². The molecule has 5 nitrogen and oxygen atoms in total. The van der Waals surface area contributed by atoms with Gasteiger partial charge in [0.1, 0.15) is 11.8 Å². The average molecular weight is 231 g/mol. The molecule has 1 aliphatic rings. The second-order valence-corrected chi connectivity index (χ2v) is 4.45. The zero-order valence-electron chi connectivity index (χ0n) is 10.1. The van der Waals surface area contributed by atoms with Gasteiger partial charge in [0.25, 0.3) is 0 Å². The second-order valence-electron chi connectivity index (χ2n) is 4.45. The van der Waals surface area contributed by atoms with Crippen LogP contribution >= 0.6 is 0 Å². The highest BCUT2D eigenvalue weighted by atomic mass is 15.2. The maximum atomic E-state index is 8.80. The van der Waals surface area contributed by atoms with Crippen LogP contribution in [0.15, 0.2) is 12.3 Å². The van der Waals surface area contributed by atoms with Gasteiger partial charge < -0.3 is 10.2 Å². The molecule has 1 aromatic rings. The van der Waals surface area contributed by atoms with Crippen LogP contribution in [0, 0.1) is 17.2 Å². The van der Waals surface area contributed by atoms with E-state index in [1.165, 1.54) is 12.8 Å². The number of hydrogen-bond acceptors (Lipinski definition) is 5. The summed E-state index contributed by atoms with van der Waals surface area (Å²) in [6.07, 6.45) is 4.11. The molecule has 2 rings (SSSR count). The predicted octanol–water partition coefficient (Wildman–Crippen LogP) is 0.784. The maximum Gasteiger partial charge on any atom is 0.226 e. The number of nitriles is 1. The van der Waals surface area contributed by atoms with Crippen LogP contribution in [0.3, 0.4) is 0 Å². The van der Waals surface area contributed by atoms with Crippen LogP contribution in [0.2, 0.25) is 0 Å². The lowest BCUT2D eigenvalue weighted by Crippen LogP contribution is -2.37. The summed E-state index contributed by atoms with van der Waals surface area (Å²) in [7, 11) is 1.98. The molecule has 5 heteroatoms. The number of nitrogens with zero attached hydrogens (tertiary/aromatic N) is 4. The van der Waals surface area contributed by atoms with Crippen molar-refractivity contribution in [1.82, 2.24) is 15.3 Å². The molecule has 0 aliphatic carbocycles. The maximum absolute atomic E-state index is 8.80. The molecule has 2 heterocycles. The number of hydrogen-bond donors (Lipinski definition) is 1. The highest BCUT2D eigenvalue weighted by molar-refractivity contribution is 5.32. The Balaban J connectivity index is 1.98. The number of piperidine rings is 1. The fraction of sp³-hybridized carbons (Fsp3) is 0.583. The van der Waals surface area contributed by atoms with Gasteiger partial charge in [0.2, 0.25) is 5.95 Å². The number of rotatable bonds is 3. The molecule has 0 amide bonds. The van der Waals surface area contributed by atoms with E-state index in [1.807, 2.05) is 18.0 Å². The van der Waals surface area contributed by atoms with E-state index < -0.39 is 0 Å². The van der Waals surface area contributed by atoms with Crippen molar-refractivity contribution in [2.45, 2.75) is 12.8 Å². The van der Waals surface area contributed by atoms with Crippen LogP contribution in [-0.4, -0.2) is 36.6 Å². The van der Waals surface area contributed by atoms with E-state index in [-0.39, 0.29) is 0 Å². The Hall–Kier alpha value is -1.67. The van der Waals surface area contributed by atoms with Crippen molar-refractivity contribution in [1.29, 1.82) is 5.26 Å². The molecule has 0 saturated carbocycles. The van der Waals surface area contributed by atoms with Crippen molar-refractivity contribution in [2.75, 3.05) is 31.6 Å². The summed E-state index contributed by atoms with van der Waals surface area (Å²) < 4.78 is 0. The lowest BCUT2D eigenvalue weighted by atomic mass is 9.99. The van der Waals surface area contributed by atoms with Crippen LogP contribution < -0.4 is 10.2 Å². The molecule has 17 heavy (non-hydrogen) atoms. The van der Waals surface area contributed by atoms with E-state index in [2.05, 4.69) is 15.3 Å². The molecule has 1 aliphatic heterocycles. The molecule has 1 N–H and O–H groups in total. The summed E-state index contributed by atoms with van der Waals surface area (Å²) >= 11 is 0. The van der Waals surface area contributed by atoms with Gasteiger partial charge in [-0.25, -0.2) is 9.97 Å². The first-order valence-corrected chi connectivity index (χ1v) is 5.94. The van der Waals surface area contributed by atoms with Gasteiger partial charge in [0.05, 0.1) is 0 Å². The van der Waals surface area contributed by atoms with E-state index in [4.69, 9.17) is 5.26 Å². The molecule has 0 radical (unpaired) electrons. The minimum atomic E-state index is 0.420. The van der Waals surface area contributed by atoms with Crippen molar-refractivity contribution in [3.8, 4) is 6.07 Å². The predicted molar refractivity (Wildman–Crippen MR) is 65.6 cm³/mol. The lowest BCUT2D eigenvalue weighted by molar-refractivity contribution is 0.380. The highest BCUT2D eigenvalue weighted by Crippen LogP contribution is 2.14. The van der Waals surface area contributed by atoms with E-state index in [9.17, 15) is 0 Å². The highest BCUT2D eigenvalue weighted by Gasteiger charge is 2.16. The van der Waals surface area contributed by atoms with Crippen molar-refractivity contribution in [2.24, 2.45) is 5.92 Å². The number of anilines is 1. The van der Waals surface area contributed by atoms with E-state index in [0.717, 1.165) is 19.6 Å². The van der Waals surface area contributed by atoms with Gasteiger partial charge in [-0.15, -0.1) is 0 Å². The zero-order valence-corrected chi connectivity index (χ0v) is 10.1. The van der Waals surface area contributed by atoms with E-state index in [0.29, 0.717) is 17.6 Å². The number of nitrogens with one attached hydrogen (secondary N) is 1. The minimum absolute atomic E-state index is 0.420. The van der Waals surface area contributed by atoms with Crippen LogP contribution in [0.25, 0.3) is 0 Å². The van der Waals surface area contributed by atoms with Gasteiger partial charge in [-0.2, -0.15) is 5.26 Å². The third kappa shape index (κ3) is 3.14. The summed E-state index contributed by atoms with van der Waals surface area (Å²) in [5.41, 5.74) is 0.420. The normalized spacial score (nSPS) is 19.6. The Labute approximate surface area is 101 Å². The SMILES string of the molecule is CN(CC1CCCNC1)c1nccc(C#N)n1. The van der Waals surface area contributed by atoms with Crippen LogP contribution in [0.1, 0.15) is 18.5 Å². The molecule has 0 bridgehead atoms. The average Bonchev–Trinajstić information content (AvgIpc) is 2.40. The van der Waals surface area contributed by atoms with Gasteiger partial charge in [-0.1, -0.05) is 0 Å². The van der Waals surface area contributed by atoms with Gasteiger partial charge in [-0.05, 0) is 37.9 Å². The molecule has 1 saturated heterocycles. The fourth-order valence-corrected chi connectivity index (χ4v) is 2.14. The quantitative estimate of drug-likeness (QED) is 0.833. The second kappa shape index (κ2) is 5.60. The summed E-state index contributed by atoms with van der Waals surface area (Å²) in [5, 5.41) is 12.2. The molecule has 90 valence electrons. The summed E-state index contributed by atoms with van der Waals surface area (Å²) in [6, 6.07) is 3.66. The zero-order chi connectivity index (χ0) is 12.1. The standard InChI is InChI=1S/C12H17N5/c1-17(9-10-3-2-5-14-8-10)12-15-6-4-11(7-13)16-12/h4,6,10,14H,2-3,5,8-9H2,1H3. The first kappa shape index (κ1) is 11.8. The molecule has 0 spiro atoms. The van der Waals surface area contributed by atoms with Crippen LogP contribution in [-0.2, 0) is 0 Å². The molecule has 1 aromatic heterocycles. The number of aromatic nitrogens is 2. The Bertz CT molecular complexity index is 406. The van der Waals surface area contributed by atoms with E-state index in [1.54, 1.807) is 12.3 Å². The summed E-state index contributed by atoms with van der Waals surface area (Å²) in [4.78, 5) is 10.4. The summed E-state index contributed by atoms with van der Waals surface area (Å²) in [6.45, 7) is 3.12. The molecule has 1 unspecified atom stereocenters. The first-order chi connectivity index (χ1) is 8.29. The van der Waals surface area contributed by atoms with Gasteiger partial charge >= 0.3 is 0 Å². The minimum Gasteiger partial charge on any atom is -0.344 e. The first-order valence-electron chi connectivity index (χ1n) is 5.94. The third-order valence-electron chi connectivity index (χ3n) is 3.03. The Morgan fingerprint density at radius 3 is 3.24 bits per heavy atom. The molecule has 0 aromatic carbocycles. The van der Waals surface area contributed by atoms with Crippen molar-refractivity contribution < 1.29 is 0 Å². The van der Waals surface area contributed by atoms with Crippen molar-refractivity contribution >= 4 is 5.95 Å². The third-order valence-corrected chi connectivity index (χ3v) is 3.03. The molecular weight excluding hydrogens is 214 g/mol. The van der Waals surface area contributed by atoms with Gasteiger partial charge in [0.15, 0.2) is 0 Å². The fourth-order valence-electron chi connectivity index (χ4n) is 2.14. The smallest absolute Gasteiger partial charge is 0.226 e. The van der Waals surface area contributed by atoms with E-state index >= 15 is 0 Å². The van der Waals surface area contributed by atoms with Crippen LogP contribution in [0.4, 0.5) is 5.95 Å². The lowest BCUT2D eigenvalue weighted by Gasteiger charge is -2.27. The van der Waals surface area contributed by atoms with Crippen molar-refractivity contribution in [3.63, 3.8) is 0 Å². The monoisotopic (exact) mass is 231 g/mol. The topological polar surface area (TPSA) is 64.8 Å². The Morgan fingerprint density at radius 1 is 1.65 bits per heavy atom. The molecule has 1 fully saturated rings. The molecular formula is C12H17N5. The molecule has 1 atom stereocenters. The van der Waals surface area contributed by atoms with Crippen molar-refractivity contribution in [3.05, 3.63) is 18.0 Å².